The van der Waals surface area contributed by atoms with Crippen LogP contribution < -0.4 is 9.64 Å². The average molecular weight is 428 g/mol. The molecule has 30 heavy (non-hydrogen) atoms. The number of sulfonamides is 1. The summed E-state index contributed by atoms with van der Waals surface area (Å²) >= 11 is 0. The number of H-pyrrole nitrogens is 1. The van der Waals surface area contributed by atoms with Crippen LogP contribution in [0.4, 0.5) is 5.69 Å². The Morgan fingerprint density at radius 2 is 1.93 bits per heavy atom. The van der Waals surface area contributed by atoms with Crippen LogP contribution in [0.15, 0.2) is 53.6 Å². The van der Waals surface area contributed by atoms with Crippen molar-refractivity contribution >= 4 is 32.5 Å². The van der Waals surface area contributed by atoms with Gasteiger partial charge in [0.2, 0.25) is 0 Å². The molecule has 4 rings (SSSR count). The van der Waals surface area contributed by atoms with E-state index in [1.807, 2.05) is 24.4 Å². The van der Waals surface area contributed by atoms with Crippen LogP contribution in [0.3, 0.4) is 0 Å². The van der Waals surface area contributed by atoms with Gasteiger partial charge in [-0.1, -0.05) is 12.1 Å². The monoisotopic (exact) mass is 427 g/mol. The van der Waals surface area contributed by atoms with Crippen molar-refractivity contribution in [2.24, 2.45) is 0 Å². The van der Waals surface area contributed by atoms with Crippen LogP contribution in [0, 0.1) is 0 Å². The number of hydrogen-bond acceptors (Lipinski definition) is 5. The van der Waals surface area contributed by atoms with Crippen LogP contribution in [-0.2, 0) is 10.0 Å². The van der Waals surface area contributed by atoms with Crippen molar-refractivity contribution in [3.63, 3.8) is 0 Å². The van der Waals surface area contributed by atoms with Crippen LogP contribution in [-0.4, -0.2) is 50.4 Å². The predicted molar refractivity (Wildman–Crippen MR) is 117 cm³/mol. The van der Waals surface area contributed by atoms with Gasteiger partial charge in [-0.05, 0) is 50.1 Å². The third-order valence-electron chi connectivity index (χ3n) is 5.54. The van der Waals surface area contributed by atoms with E-state index in [2.05, 4.69) is 16.8 Å². The van der Waals surface area contributed by atoms with E-state index in [1.54, 1.807) is 25.3 Å². The standard InChI is InChI=1S/C22H25N3O4S/c1-3-24(20-15-23-19-11-10-16(29-2)14-18(19)20)12-6-7-13-25-22(26)17-8-4-5-9-21(17)30(25,27)28/h4-5,8-11,14-15,23H,3,6-7,12-13H2,1-2H3. The summed E-state index contributed by atoms with van der Waals surface area (Å²) in [6.07, 6.45) is 3.35. The molecule has 0 bridgehead atoms. The van der Waals surface area contributed by atoms with Crippen molar-refractivity contribution in [3.05, 3.63) is 54.2 Å². The van der Waals surface area contributed by atoms with Gasteiger partial charge in [0, 0.05) is 36.7 Å². The van der Waals surface area contributed by atoms with Gasteiger partial charge in [-0.15, -0.1) is 0 Å². The number of anilines is 1. The summed E-state index contributed by atoms with van der Waals surface area (Å²) in [6, 6.07) is 12.3. The number of nitrogens with zero attached hydrogens (tertiary/aromatic N) is 2. The highest BCUT2D eigenvalue weighted by Crippen LogP contribution is 2.31. The third-order valence-corrected chi connectivity index (χ3v) is 7.38. The molecule has 1 aliphatic rings. The summed E-state index contributed by atoms with van der Waals surface area (Å²) in [6.45, 7) is 3.85. The van der Waals surface area contributed by atoms with Crippen molar-refractivity contribution in [2.45, 2.75) is 24.7 Å². The number of carbonyl (C=O) groups excluding carboxylic acids is 1. The first-order valence-corrected chi connectivity index (χ1v) is 11.5. The fourth-order valence-electron chi connectivity index (χ4n) is 3.93. The molecule has 1 aromatic heterocycles. The zero-order valence-electron chi connectivity index (χ0n) is 17.1. The normalized spacial score (nSPS) is 14.9. The highest BCUT2D eigenvalue weighted by molar-refractivity contribution is 7.90. The number of fused-ring (bicyclic) bond motifs is 2. The molecular weight excluding hydrogens is 402 g/mol. The number of benzene rings is 2. The third kappa shape index (κ3) is 3.41. The summed E-state index contributed by atoms with van der Waals surface area (Å²) in [5.41, 5.74) is 2.39. The number of unbranched alkanes of at least 4 members (excludes halogenated alkanes) is 1. The van der Waals surface area contributed by atoms with Crippen LogP contribution in [0.2, 0.25) is 0 Å². The van der Waals surface area contributed by atoms with Crippen LogP contribution in [0.25, 0.3) is 10.9 Å². The zero-order valence-corrected chi connectivity index (χ0v) is 17.9. The second-order valence-corrected chi connectivity index (χ2v) is 9.08. The summed E-state index contributed by atoms with van der Waals surface area (Å²) in [5.74, 6) is 0.374. The van der Waals surface area contributed by atoms with E-state index >= 15 is 0 Å². The second-order valence-electron chi connectivity index (χ2n) is 7.25. The number of methoxy groups -OCH3 is 1. The Kier molecular flexibility index (Phi) is 5.42. The van der Waals surface area contributed by atoms with Gasteiger partial charge < -0.3 is 14.6 Å². The molecule has 0 saturated carbocycles. The van der Waals surface area contributed by atoms with Gasteiger partial charge in [0.25, 0.3) is 15.9 Å². The van der Waals surface area contributed by atoms with E-state index in [0.717, 1.165) is 46.2 Å². The Balaban J connectivity index is 1.41. The van der Waals surface area contributed by atoms with Gasteiger partial charge in [0.1, 0.15) is 10.6 Å². The molecule has 2 heterocycles. The minimum atomic E-state index is -3.73. The number of hydrogen-bond donors (Lipinski definition) is 1. The van der Waals surface area contributed by atoms with E-state index in [1.165, 1.54) is 6.07 Å². The smallest absolute Gasteiger partial charge is 0.269 e. The van der Waals surface area contributed by atoms with Crippen molar-refractivity contribution in [1.82, 2.24) is 9.29 Å². The number of aromatic amines is 1. The minimum Gasteiger partial charge on any atom is -0.497 e. The van der Waals surface area contributed by atoms with Crippen LogP contribution in [0.5, 0.6) is 5.75 Å². The Morgan fingerprint density at radius 1 is 1.13 bits per heavy atom. The molecule has 8 heteroatoms. The van der Waals surface area contributed by atoms with Gasteiger partial charge >= 0.3 is 0 Å². The molecule has 0 atom stereocenters. The topological polar surface area (TPSA) is 82.7 Å². The molecule has 0 spiro atoms. The Bertz CT molecular complexity index is 1190. The maximum atomic E-state index is 12.7. The van der Waals surface area contributed by atoms with Gasteiger partial charge in [-0.3, -0.25) is 4.79 Å². The number of rotatable bonds is 8. The molecule has 158 valence electrons. The summed E-state index contributed by atoms with van der Waals surface area (Å²) in [5, 5.41) is 1.09. The molecular formula is C22H25N3O4S. The van der Waals surface area contributed by atoms with Crippen LogP contribution >= 0.6 is 0 Å². The molecule has 0 unspecified atom stereocenters. The first-order chi connectivity index (χ1) is 14.5. The number of nitrogens with one attached hydrogen (secondary N) is 1. The lowest BCUT2D eigenvalue weighted by molar-refractivity contribution is 0.0870. The van der Waals surface area contributed by atoms with E-state index in [4.69, 9.17) is 4.74 Å². The van der Waals surface area contributed by atoms with E-state index < -0.39 is 15.9 Å². The molecule has 2 aromatic carbocycles. The predicted octanol–water partition coefficient (Wildman–Crippen LogP) is 3.63. The molecule has 0 saturated heterocycles. The highest BCUT2D eigenvalue weighted by Gasteiger charge is 2.40. The molecule has 1 N–H and O–H groups in total. The number of ether oxygens (including phenoxy) is 1. The molecule has 1 aliphatic heterocycles. The number of carbonyl (C=O) groups is 1. The fraction of sp³-hybridized carbons (Fsp3) is 0.318. The lowest BCUT2D eigenvalue weighted by Crippen LogP contribution is -2.32. The fourth-order valence-corrected chi connectivity index (χ4v) is 5.54. The molecule has 0 radical (unpaired) electrons. The lowest BCUT2D eigenvalue weighted by atomic mass is 10.2. The SMILES string of the molecule is CCN(CCCCN1C(=O)c2ccccc2S1(=O)=O)c1c[nH]c2ccc(OC)cc12. The Hall–Kier alpha value is -3.00. The van der Waals surface area contributed by atoms with Crippen molar-refractivity contribution in [1.29, 1.82) is 0 Å². The molecule has 0 fully saturated rings. The zero-order chi connectivity index (χ0) is 21.3. The molecule has 0 aliphatic carbocycles. The Labute approximate surface area is 176 Å². The minimum absolute atomic E-state index is 0.109. The maximum Gasteiger partial charge on any atom is 0.269 e. The maximum absolute atomic E-state index is 12.7. The van der Waals surface area contributed by atoms with Gasteiger partial charge in [-0.2, -0.15) is 0 Å². The largest absolute Gasteiger partial charge is 0.497 e. The van der Waals surface area contributed by atoms with Gasteiger partial charge in [0.05, 0.1) is 18.4 Å². The molecule has 3 aromatic rings. The lowest BCUT2D eigenvalue weighted by Gasteiger charge is -2.23. The number of amides is 1. The number of aromatic nitrogens is 1. The van der Waals surface area contributed by atoms with E-state index in [-0.39, 0.29) is 17.0 Å². The van der Waals surface area contributed by atoms with Gasteiger partial charge in [-0.25, -0.2) is 12.7 Å². The summed E-state index contributed by atoms with van der Waals surface area (Å²) in [7, 11) is -2.08. The van der Waals surface area contributed by atoms with Gasteiger partial charge in [0.15, 0.2) is 0 Å². The first-order valence-electron chi connectivity index (χ1n) is 10.0. The van der Waals surface area contributed by atoms with Crippen molar-refractivity contribution in [2.75, 3.05) is 31.6 Å². The quantitative estimate of drug-likeness (QED) is 0.555. The van der Waals surface area contributed by atoms with Crippen LogP contribution in [0.1, 0.15) is 30.1 Å². The summed E-state index contributed by atoms with van der Waals surface area (Å²) < 4.78 is 31.7. The Morgan fingerprint density at radius 3 is 2.67 bits per heavy atom. The first kappa shape index (κ1) is 20.3. The van der Waals surface area contributed by atoms with Crippen molar-refractivity contribution in [3.8, 4) is 5.75 Å². The second kappa shape index (κ2) is 8.02. The van der Waals surface area contributed by atoms with Crippen molar-refractivity contribution < 1.29 is 17.9 Å². The highest BCUT2D eigenvalue weighted by atomic mass is 32.2. The molecule has 1 amide bonds. The van der Waals surface area contributed by atoms with E-state index in [0.29, 0.717) is 6.42 Å². The molecule has 7 nitrogen and oxygen atoms in total. The summed E-state index contributed by atoms with van der Waals surface area (Å²) in [4.78, 5) is 18.1. The van der Waals surface area contributed by atoms with E-state index in [9.17, 15) is 13.2 Å². The average Bonchev–Trinajstić information content (AvgIpc) is 3.26.